The number of fused-ring (bicyclic) bond motifs is 1. The number of aromatic amines is 1. The second-order valence-electron chi connectivity index (χ2n) is 9.15. The average Bonchev–Trinajstić information content (AvgIpc) is 3.32. The Balaban J connectivity index is 1.28. The van der Waals surface area contributed by atoms with Gasteiger partial charge in [0.05, 0.1) is 11.2 Å². The number of phenols is 1. The molecule has 0 fully saturated rings. The maximum atomic E-state index is 10.9. The van der Waals surface area contributed by atoms with Crippen molar-refractivity contribution in [3.63, 3.8) is 0 Å². The molecule has 0 amide bonds. The topological polar surface area (TPSA) is 136 Å². The summed E-state index contributed by atoms with van der Waals surface area (Å²) in [5.74, 6) is -0.352. The van der Waals surface area contributed by atoms with Crippen molar-refractivity contribution < 1.29 is 29.6 Å². The molecule has 0 bridgehead atoms. The van der Waals surface area contributed by atoms with E-state index in [4.69, 9.17) is 14.6 Å². The molecule has 0 aliphatic carbocycles. The molecule has 4 rings (SSSR count). The molecule has 1 aromatic heterocycles. The molecule has 0 unspecified atom stereocenters. The zero-order valence-corrected chi connectivity index (χ0v) is 21.2. The Kier molecular flexibility index (Phi) is 9.07. The molecule has 38 heavy (non-hydrogen) atoms. The summed E-state index contributed by atoms with van der Waals surface area (Å²) in [6.45, 7) is 2.49. The van der Waals surface area contributed by atoms with Crippen LogP contribution < -0.4 is 20.1 Å². The summed E-state index contributed by atoms with van der Waals surface area (Å²) in [5.41, 5.74) is 3.65. The van der Waals surface area contributed by atoms with Crippen LogP contribution in [-0.2, 0) is 17.8 Å². The van der Waals surface area contributed by atoms with Crippen molar-refractivity contribution in [1.82, 2.24) is 10.3 Å². The first-order chi connectivity index (χ1) is 18.4. The summed E-state index contributed by atoms with van der Waals surface area (Å²) in [5, 5.41) is 37.0. The number of aliphatic hydroxyl groups is 1. The minimum atomic E-state index is -0.922. The molecule has 0 aliphatic heterocycles. The monoisotopic (exact) mass is 519 g/mol. The molecule has 1 heterocycles. The fourth-order valence-electron chi connectivity index (χ4n) is 4.18. The van der Waals surface area contributed by atoms with Crippen LogP contribution in [0.5, 0.6) is 17.2 Å². The smallest absolute Gasteiger partial charge is 0.322 e. The Bertz CT molecular complexity index is 1340. The van der Waals surface area contributed by atoms with Crippen LogP contribution in [0, 0.1) is 0 Å². The standard InChI is InChI=1S/C29H33N3O6/c1-19(13-21-14-32-28-23(21)9-5-10-24(28)31-16-27(35)36)30-15-22(33)18-37-26-12-6-11-25(34)29(26)38-17-20-7-3-2-4-8-20/h2-12,14,19,22,30-34H,13,15-18H2,1H3,(H,35,36)/t19-,22+/m1/s1. The third-order valence-electron chi connectivity index (χ3n) is 6.07. The first kappa shape index (κ1) is 26.8. The van der Waals surface area contributed by atoms with E-state index in [0.717, 1.165) is 27.7 Å². The molecule has 0 saturated carbocycles. The number of carboxylic acid groups (broad SMARTS) is 1. The van der Waals surface area contributed by atoms with E-state index in [-0.39, 0.29) is 37.3 Å². The molecule has 200 valence electrons. The minimum absolute atomic E-state index is 0.0244. The van der Waals surface area contributed by atoms with Gasteiger partial charge in [0.2, 0.25) is 5.75 Å². The predicted molar refractivity (Wildman–Crippen MR) is 146 cm³/mol. The van der Waals surface area contributed by atoms with Gasteiger partial charge in [-0.25, -0.2) is 0 Å². The molecule has 0 spiro atoms. The lowest BCUT2D eigenvalue weighted by Gasteiger charge is -2.19. The lowest BCUT2D eigenvalue weighted by molar-refractivity contribution is -0.134. The van der Waals surface area contributed by atoms with Gasteiger partial charge in [0, 0.05) is 24.2 Å². The van der Waals surface area contributed by atoms with E-state index in [9.17, 15) is 15.0 Å². The molecule has 0 radical (unpaired) electrons. The summed E-state index contributed by atoms with van der Waals surface area (Å²) in [7, 11) is 0. The van der Waals surface area contributed by atoms with Crippen LogP contribution in [0.25, 0.3) is 10.9 Å². The van der Waals surface area contributed by atoms with E-state index in [1.165, 1.54) is 6.07 Å². The number of aliphatic hydroxyl groups excluding tert-OH is 1. The van der Waals surface area contributed by atoms with Crippen LogP contribution in [0.15, 0.2) is 72.9 Å². The summed E-state index contributed by atoms with van der Waals surface area (Å²) < 4.78 is 11.6. The van der Waals surface area contributed by atoms with Gasteiger partial charge >= 0.3 is 5.97 Å². The van der Waals surface area contributed by atoms with Gasteiger partial charge in [-0.15, -0.1) is 0 Å². The third-order valence-corrected chi connectivity index (χ3v) is 6.07. The van der Waals surface area contributed by atoms with Gasteiger partial charge in [-0.2, -0.15) is 0 Å². The number of hydrogen-bond donors (Lipinski definition) is 6. The summed E-state index contributed by atoms with van der Waals surface area (Å²) in [6.07, 6.45) is 1.85. The first-order valence-corrected chi connectivity index (χ1v) is 12.5. The summed E-state index contributed by atoms with van der Waals surface area (Å²) >= 11 is 0. The highest BCUT2D eigenvalue weighted by atomic mass is 16.5. The third kappa shape index (κ3) is 7.18. The van der Waals surface area contributed by atoms with Crippen molar-refractivity contribution in [2.45, 2.75) is 32.1 Å². The van der Waals surface area contributed by atoms with Gasteiger partial charge in [0.1, 0.15) is 25.9 Å². The number of aromatic hydroxyl groups is 1. The predicted octanol–water partition coefficient (Wildman–Crippen LogP) is 3.91. The molecule has 0 saturated heterocycles. The largest absolute Gasteiger partial charge is 0.504 e. The van der Waals surface area contributed by atoms with Crippen molar-refractivity contribution in [1.29, 1.82) is 0 Å². The number of carbonyl (C=O) groups is 1. The van der Waals surface area contributed by atoms with E-state index in [1.807, 2.05) is 61.7 Å². The van der Waals surface area contributed by atoms with Crippen LogP contribution in [-0.4, -0.2) is 58.1 Å². The quantitative estimate of drug-likeness (QED) is 0.148. The number of hydrogen-bond acceptors (Lipinski definition) is 7. The van der Waals surface area contributed by atoms with Gasteiger partial charge in [0.25, 0.3) is 0 Å². The van der Waals surface area contributed by atoms with Gasteiger partial charge in [-0.3, -0.25) is 4.79 Å². The van der Waals surface area contributed by atoms with Crippen LogP contribution in [0.3, 0.4) is 0 Å². The van der Waals surface area contributed by atoms with Crippen LogP contribution in [0.2, 0.25) is 0 Å². The van der Waals surface area contributed by atoms with Crippen LogP contribution in [0.1, 0.15) is 18.1 Å². The van der Waals surface area contributed by atoms with E-state index < -0.39 is 12.1 Å². The second kappa shape index (κ2) is 12.8. The van der Waals surface area contributed by atoms with Gasteiger partial charge in [-0.1, -0.05) is 48.5 Å². The molecule has 2 atom stereocenters. The number of aromatic nitrogens is 1. The minimum Gasteiger partial charge on any atom is -0.504 e. The normalized spacial score (nSPS) is 12.7. The van der Waals surface area contributed by atoms with Crippen LogP contribution in [0.4, 0.5) is 5.69 Å². The SMILES string of the molecule is C[C@H](Cc1c[nH]c2c(NCC(=O)O)cccc12)NC[C@H](O)COc1cccc(O)c1OCc1ccccc1. The summed E-state index contributed by atoms with van der Waals surface area (Å²) in [4.78, 5) is 14.1. The summed E-state index contributed by atoms with van der Waals surface area (Å²) in [6, 6.07) is 20.3. The Morgan fingerprint density at radius 2 is 1.82 bits per heavy atom. The van der Waals surface area contributed by atoms with Gasteiger partial charge < -0.3 is 40.4 Å². The molecular weight excluding hydrogens is 486 g/mol. The molecule has 9 heteroatoms. The zero-order chi connectivity index (χ0) is 26.9. The van der Waals surface area contributed by atoms with E-state index >= 15 is 0 Å². The number of benzene rings is 3. The van der Waals surface area contributed by atoms with Crippen LogP contribution >= 0.6 is 0 Å². The number of anilines is 1. The van der Waals surface area contributed by atoms with Crippen molar-refractivity contribution >= 4 is 22.6 Å². The number of rotatable bonds is 14. The Labute approximate surface area is 221 Å². The maximum absolute atomic E-state index is 10.9. The number of ether oxygens (including phenoxy) is 2. The molecule has 4 aromatic rings. The highest BCUT2D eigenvalue weighted by molar-refractivity contribution is 5.94. The number of carboxylic acids is 1. The highest BCUT2D eigenvalue weighted by Gasteiger charge is 2.15. The fourth-order valence-corrected chi connectivity index (χ4v) is 4.18. The van der Waals surface area contributed by atoms with E-state index in [0.29, 0.717) is 18.7 Å². The number of para-hydroxylation sites is 2. The van der Waals surface area contributed by atoms with Gasteiger partial charge in [-0.05, 0) is 42.7 Å². The van der Waals surface area contributed by atoms with E-state index in [1.54, 1.807) is 12.1 Å². The van der Waals surface area contributed by atoms with Gasteiger partial charge in [0.15, 0.2) is 11.5 Å². The number of nitrogens with one attached hydrogen (secondary N) is 3. The number of phenolic OH excluding ortho intramolecular Hbond substituents is 1. The van der Waals surface area contributed by atoms with Crippen molar-refractivity contribution in [3.8, 4) is 17.2 Å². The molecule has 9 nitrogen and oxygen atoms in total. The number of H-pyrrole nitrogens is 1. The Morgan fingerprint density at radius 1 is 1.03 bits per heavy atom. The number of aliphatic carboxylic acids is 1. The first-order valence-electron chi connectivity index (χ1n) is 12.5. The molecule has 0 aliphatic rings. The van der Waals surface area contributed by atoms with E-state index in [2.05, 4.69) is 15.6 Å². The van der Waals surface area contributed by atoms with Crippen molar-refractivity contribution in [3.05, 3.63) is 84.1 Å². The molecular formula is C29H33N3O6. The van der Waals surface area contributed by atoms with Crippen molar-refractivity contribution in [2.24, 2.45) is 0 Å². The lowest BCUT2D eigenvalue weighted by atomic mass is 10.1. The average molecular weight is 520 g/mol. The second-order valence-corrected chi connectivity index (χ2v) is 9.15. The maximum Gasteiger partial charge on any atom is 0.322 e. The van der Waals surface area contributed by atoms with Crippen molar-refractivity contribution in [2.75, 3.05) is 25.0 Å². The molecule has 3 aromatic carbocycles. The molecule has 6 N–H and O–H groups in total. The Morgan fingerprint density at radius 3 is 2.61 bits per heavy atom. The lowest BCUT2D eigenvalue weighted by Crippen LogP contribution is -2.37. The highest BCUT2D eigenvalue weighted by Crippen LogP contribution is 2.37. The zero-order valence-electron chi connectivity index (χ0n) is 21.2. The Hall–Kier alpha value is -4.21. The fraction of sp³-hybridized carbons (Fsp3) is 0.276.